The molecule has 0 spiro atoms. The fourth-order valence-electron chi connectivity index (χ4n) is 4.72. The minimum Gasteiger partial charge on any atom is -0.481 e. The molecule has 34 heavy (non-hydrogen) atoms. The monoisotopic (exact) mass is 466 g/mol. The molecule has 0 aromatic heterocycles. The normalized spacial score (nSPS) is 14.9. The predicted octanol–water partition coefficient (Wildman–Crippen LogP) is 4.84. The Morgan fingerprint density at radius 3 is 2.12 bits per heavy atom. The average Bonchev–Trinajstić information content (AvgIpc) is 3.11. The number of hydrogen-bond donors (Lipinski definition) is 3. The van der Waals surface area contributed by atoms with E-state index in [4.69, 9.17) is 9.84 Å². The van der Waals surface area contributed by atoms with Gasteiger partial charge in [0.1, 0.15) is 12.1 Å². The van der Waals surface area contributed by atoms with E-state index in [1.165, 1.54) is 0 Å². The van der Waals surface area contributed by atoms with Crippen molar-refractivity contribution >= 4 is 18.0 Å². The molecule has 0 radical (unpaired) electrons. The molecule has 2 aromatic carbocycles. The van der Waals surface area contributed by atoms with Crippen molar-refractivity contribution in [3.8, 4) is 11.1 Å². The second kappa shape index (κ2) is 11.2. The largest absolute Gasteiger partial charge is 0.481 e. The Labute approximate surface area is 200 Å². The molecule has 3 N–H and O–H groups in total. The Kier molecular flexibility index (Phi) is 8.31. The van der Waals surface area contributed by atoms with Gasteiger partial charge in [0, 0.05) is 12.0 Å². The summed E-state index contributed by atoms with van der Waals surface area (Å²) in [7, 11) is 0. The van der Waals surface area contributed by atoms with E-state index in [1.807, 2.05) is 50.2 Å². The second-order valence-electron chi connectivity index (χ2n) is 9.09. The molecule has 7 heteroatoms. The number of carboxylic acids is 1. The molecule has 0 heterocycles. The van der Waals surface area contributed by atoms with Crippen LogP contribution in [0.4, 0.5) is 4.79 Å². The smallest absolute Gasteiger partial charge is 0.408 e. The highest BCUT2D eigenvalue weighted by molar-refractivity contribution is 5.90. The third-order valence-electron chi connectivity index (χ3n) is 6.37. The van der Waals surface area contributed by atoms with Gasteiger partial charge in [-0.3, -0.25) is 9.59 Å². The first-order valence-electron chi connectivity index (χ1n) is 11.9. The van der Waals surface area contributed by atoms with E-state index in [0.717, 1.165) is 28.7 Å². The van der Waals surface area contributed by atoms with Gasteiger partial charge in [-0.25, -0.2) is 4.79 Å². The molecule has 0 fully saturated rings. The number of fused-ring (bicyclic) bond motifs is 3. The third-order valence-corrected chi connectivity index (χ3v) is 6.37. The highest BCUT2D eigenvalue weighted by Crippen LogP contribution is 2.44. The molecule has 2 amide bonds. The van der Waals surface area contributed by atoms with E-state index in [-0.39, 0.29) is 18.9 Å². The summed E-state index contributed by atoms with van der Waals surface area (Å²) in [6.45, 7) is 5.66. The Balaban J connectivity index is 1.68. The van der Waals surface area contributed by atoms with Crippen molar-refractivity contribution in [3.63, 3.8) is 0 Å². The molecule has 2 aromatic rings. The number of aliphatic carboxylic acids is 1. The molecule has 0 bridgehead atoms. The van der Waals surface area contributed by atoms with Gasteiger partial charge in [-0.15, -0.1) is 0 Å². The number of rotatable bonds is 11. The minimum atomic E-state index is -1.21. The second-order valence-corrected chi connectivity index (χ2v) is 9.09. The molecular formula is C27H34N2O5. The summed E-state index contributed by atoms with van der Waals surface area (Å²) in [5.41, 5.74) is 3.30. The zero-order valence-electron chi connectivity index (χ0n) is 20.1. The Bertz CT molecular complexity index is 992. The van der Waals surface area contributed by atoms with Crippen LogP contribution in [-0.4, -0.2) is 41.3 Å². The highest BCUT2D eigenvalue weighted by Gasteiger charge is 2.36. The van der Waals surface area contributed by atoms with Crippen LogP contribution in [0.5, 0.6) is 0 Å². The summed E-state index contributed by atoms with van der Waals surface area (Å²) >= 11 is 0. The maximum Gasteiger partial charge on any atom is 0.408 e. The standard InChI is InChI=1S/C27H34N2O5/c1-4-10-18(16-24(30)31)28-25(32)27(3,15-5-2)29-26(33)34-17-23-21-13-8-6-11-19(21)20-12-7-9-14-22(20)23/h6-9,11-14,18,23H,4-5,10,15-17H2,1-3H3,(H,28,32)(H,29,33)(H,30,31)/t18-,27?/m1/s1. The molecule has 182 valence electrons. The van der Waals surface area contributed by atoms with Gasteiger partial charge < -0.3 is 20.5 Å². The van der Waals surface area contributed by atoms with Crippen molar-refractivity contribution in [2.24, 2.45) is 0 Å². The van der Waals surface area contributed by atoms with E-state index in [0.29, 0.717) is 19.3 Å². The molecule has 1 aliphatic rings. The molecule has 0 aliphatic heterocycles. The van der Waals surface area contributed by atoms with Crippen LogP contribution >= 0.6 is 0 Å². The SMILES string of the molecule is CCC[C@H](CC(=O)O)NC(=O)C(C)(CCC)NC(=O)OCC1c2ccccc2-c2ccccc21. The van der Waals surface area contributed by atoms with Crippen LogP contribution in [0.15, 0.2) is 48.5 Å². The van der Waals surface area contributed by atoms with Gasteiger partial charge in [0.25, 0.3) is 0 Å². The van der Waals surface area contributed by atoms with Crippen molar-refractivity contribution < 1.29 is 24.2 Å². The molecule has 2 atom stereocenters. The van der Waals surface area contributed by atoms with Crippen LogP contribution in [0.3, 0.4) is 0 Å². The number of ether oxygens (including phenoxy) is 1. The summed E-state index contributed by atoms with van der Waals surface area (Å²) in [6, 6.07) is 15.7. The van der Waals surface area contributed by atoms with Crippen LogP contribution in [-0.2, 0) is 14.3 Å². The number of carbonyl (C=O) groups is 3. The third kappa shape index (κ3) is 5.76. The van der Waals surface area contributed by atoms with Crippen molar-refractivity contribution in [3.05, 3.63) is 59.7 Å². The molecule has 7 nitrogen and oxygen atoms in total. The zero-order valence-corrected chi connectivity index (χ0v) is 20.1. The molecule has 1 aliphatic carbocycles. The number of alkyl carbamates (subject to hydrolysis) is 1. The molecule has 0 saturated heterocycles. The lowest BCUT2D eigenvalue weighted by Gasteiger charge is -2.31. The van der Waals surface area contributed by atoms with Gasteiger partial charge in [0.2, 0.25) is 5.91 Å². The number of amides is 2. The summed E-state index contributed by atoms with van der Waals surface area (Å²) in [5.74, 6) is -1.45. The van der Waals surface area contributed by atoms with Gasteiger partial charge in [0.15, 0.2) is 0 Å². The Hall–Kier alpha value is -3.35. The summed E-state index contributed by atoms with van der Waals surface area (Å²) < 4.78 is 5.62. The average molecular weight is 467 g/mol. The highest BCUT2D eigenvalue weighted by atomic mass is 16.5. The van der Waals surface area contributed by atoms with Gasteiger partial charge >= 0.3 is 12.1 Å². The maximum atomic E-state index is 13.1. The van der Waals surface area contributed by atoms with E-state index in [1.54, 1.807) is 6.92 Å². The van der Waals surface area contributed by atoms with Crippen LogP contribution < -0.4 is 10.6 Å². The number of nitrogens with one attached hydrogen (secondary N) is 2. The van der Waals surface area contributed by atoms with Gasteiger partial charge in [-0.2, -0.15) is 0 Å². The first-order valence-corrected chi connectivity index (χ1v) is 11.9. The number of carboxylic acid groups (broad SMARTS) is 1. The van der Waals surface area contributed by atoms with Crippen LogP contribution in [0.25, 0.3) is 11.1 Å². The molecule has 0 saturated carbocycles. The lowest BCUT2D eigenvalue weighted by atomic mass is 9.94. The maximum absolute atomic E-state index is 13.1. The van der Waals surface area contributed by atoms with Crippen molar-refractivity contribution in [2.75, 3.05) is 6.61 Å². The fraction of sp³-hybridized carbons (Fsp3) is 0.444. The quantitative estimate of drug-likeness (QED) is 0.439. The van der Waals surface area contributed by atoms with Crippen LogP contribution in [0.1, 0.15) is 69.9 Å². The first kappa shape index (κ1) is 25.3. The lowest BCUT2D eigenvalue weighted by molar-refractivity contribution is -0.138. The van der Waals surface area contributed by atoms with Crippen LogP contribution in [0.2, 0.25) is 0 Å². The number of hydrogen-bond acceptors (Lipinski definition) is 4. The minimum absolute atomic E-state index is 0.0751. The van der Waals surface area contributed by atoms with Crippen LogP contribution in [0, 0.1) is 0 Å². The molecule has 1 unspecified atom stereocenters. The van der Waals surface area contributed by atoms with Gasteiger partial charge in [0.05, 0.1) is 6.42 Å². The topological polar surface area (TPSA) is 105 Å². The van der Waals surface area contributed by atoms with Crippen molar-refractivity contribution in [1.29, 1.82) is 0 Å². The first-order chi connectivity index (χ1) is 16.3. The zero-order chi connectivity index (χ0) is 24.7. The van der Waals surface area contributed by atoms with E-state index in [9.17, 15) is 14.4 Å². The summed E-state index contributed by atoms with van der Waals surface area (Å²) in [6.07, 6.45) is 1.51. The Morgan fingerprint density at radius 2 is 1.59 bits per heavy atom. The summed E-state index contributed by atoms with van der Waals surface area (Å²) in [5, 5.41) is 14.7. The van der Waals surface area contributed by atoms with Crippen molar-refractivity contribution in [2.45, 2.75) is 70.4 Å². The fourth-order valence-corrected chi connectivity index (χ4v) is 4.72. The number of carbonyl (C=O) groups excluding carboxylic acids is 2. The lowest BCUT2D eigenvalue weighted by Crippen LogP contribution is -2.58. The van der Waals surface area contributed by atoms with Crippen molar-refractivity contribution in [1.82, 2.24) is 10.6 Å². The van der Waals surface area contributed by atoms with E-state index in [2.05, 4.69) is 22.8 Å². The van der Waals surface area contributed by atoms with E-state index >= 15 is 0 Å². The number of benzene rings is 2. The van der Waals surface area contributed by atoms with Gasteiger partial charge in [-0.05, 0) is 42.0 Å². The molecular weight excluding hydrogens is 432 g/mol. The Morgan fingerprint density at radius 1 is 1.00 bits per heavy atom. The van der Waals surface area contributed by atoms with Gasteiger partial charge in [-0.1, -0.05) is 75.2 Å². The summed E-state index contributed by atoms with van der Waals surface area (Å²) in [4.78, 5) is 37.0. The molecule has 3 rings (SSSR count). The predicted molar refractivity (Wildman–Crippen MR) is 131 cm³/mol. The van der Waals surface area contributed by atoms with E-state index < -0.39 is 29.6 Å².